The van der Waals surface area contributed by atoms with Crippen molar-refractivity contribution in [3.05, 3.63) is 22.7 Å². The van der Waals surface area contributed by atoms with E-state index in [0.717, 1.165) is 0 Å². The summed E-state index contributed by atoms with van der Waals surface area (Å²) in [6.45, 7) is -3.12. The molecule has 0 saturated heterocycles. The Morgan fingerprint density at radius 1 is 1.69 bits per heavy atom. The normalized spacial score (nSPS) is 19.5. The molecule has 0 saturated carbocycles. The van der Waals surface area contributed by atoms with E-state index >= 15 is 0 Å². The number of rotatable bonds is 1. The zero-order valence-corrected chi connectivity index (χ0v) is 6.74. The molecule has 1 aromatic heterocycles. The van der Waals surface area contributed by atoms with Crippen molar-refractivity contribution < 1.29 is 20.0 Å². The Morgan fingerprint density at radius 3 is 2.85 bits per heavy atom. The fourth-order valence-electron chi connectivity index (χ4n) is 0.611. The predicted octanol–water partition coefficient (Wildman–Crippen LogP) is 2.71. The molecule has 0 fully saturated rings. The molecule has 1 rings (SSSR count). The van der Waals surface area contributed by atoms with Gasteiger partial charge in [0.2, 0.25) is 0 Å². The summed E-state index contributed by atoms with van der Waals surface area (Å²) >= 11 is 5.25. The summed E-state index contributed by atoms with van der Waals surface area (Å²) in [4.78, 5) is 6.17. The fraction of sp³-hybridized carbons (Fsp3) is 0.429. The van der Waals surface area contributed by atoms with Gasteiger partial charge in [-0.25, -0.2) is 9.97 Å². The Hall–Kier alpha value is -0.840. The van der Waals surface area contributed by atoms with Crippen LogP contribution in [0.2, 0.25) is 5.15 Å². The average molecular weight is 216 g/mol. The second kappa shape index (κ2) is 3.49. The molecule has 1 heterocycles. The molecule has 1 aromatic rings. The number of hydrogen-bond donors (Lipinski definition) is 0. The van der Waals surface area contributed by atoms with Gasteiger partial charge in [-0.05, 0) is 0 Å². The van der Waals surface area contributed by atoms with Crippen LogP contribution in [0.1, 0.15) is 25.1 Å². The van der Waals surface area contributed by atoms with E-state index in [1.165, 1.54) is 0 Å². The lowest BCUT2D eigenvalue weighted by atomic mass is 10.3. The standard InChI is InChI=1S/C7H6ClF3N2/c1-2-5-12-3-4(6(8)13-5)7(9,10)11/h3H,2H2,1H3/i1D3,2D2. The van der Waals surface area contributed by atoms with E-state index in [1.807, 2.05) is 0 Å². The highest BCUT2D eigenvalue weighted by atomic mass is 35.5. The summed E-state index contributed by atoms with van der Waals surface area (Å²) in [6, 6.07) is 0. The van der Waals surface area contributed by atoms with Gasteiger partial charge in [-0.2, -0.15) is 13.2 Å². The van der Waals surface area contributed by atoms with E-state index in [1.54, 1.807) is 0 Å². The van der Waals surface area contributed by atoms with E-state index in [-0.39, 0.29) is 6.20 Å². The van der Waals surface area contributed by atoms with Crippen molar-refractivity contribution in [3.8, 4) is 0 Å². The third-order valence-corrected chi connectivity index (χ3v) is 1.45. The molecular formula is C7H6ClF3N2. The fourth-order valence-corrected chi connectivity index (χ4v) is 0.847. The van der Waals surface area contributed by atoms with Crippen molar-refractivity contribution in [3.63, 3.8) is 0 Å². The zero-order chi connectivity index (χ0) is 14.4. The van der Waals surface area contributed by atoms with Crippen LogP contribution in [0.5, 0.6) is 0 Å². The summed E-state index contributed by atoms with van der Waals surface area (Å²) in [5.41, 5.74) is -1.35. The summed E-state index contributed by atoms with van der Waals surface area (Å²) in [6.07, 6.45) is -7.52. The lowest BCUT2D eigenvalue weighted by Gasteiger charge is -2.07. The van der Waals surface area contributed by atoms with Crippen LogP contribution in [-0.2, 0) is 12.5 Å². The van der Waals surface area contributed by atoms with Gasteiger partial charge in [0, 0.05) is 19.4 Å². The summed E-state index contributed by atoms with van der Waals surface area (Å²) < 4.78 is 72.4. The molecule has 0 unspecified atom stereocenters. The molecule has 0 aliphatic rings. The monoisotopic (exact) mass is 215 g/mol. The van der Waals surface area contributed by atoms with Gasteiger partial charge < -0.3 is 0 Å². The van der Waals surface area contributed by atoms with Crippen molar-refractivity contribution in [2.75, 3.05) is 0 Å². The van der Waals surface area contributed by atoms with Gasteiger partial charge in [0.15, 0.2) is 0 Å². The highest BCUT2D eigenvalue weighted by Crippen LogP contribution is 2.32. The van der Waals surface area contributed by atoms with Crippen LogP contribution in [0, 0.1) is 0 Å². The zero-order valence-electron chi connectivity index (χ0n) is 11.0. The number of alkyl halides is 3. The molecule has 0 N–H and O–H groups in total. The van der Waals surface area contributed by atoms with Crippen molar-refractivity contribution in [1.82, 2.24) is 9.97 Å². The Bertz CT molecular complexity index is 459. The smallest absolute Gasteiger partial charge is 0.241 e. The van der Waals surface area contributed by atoms with Gasteiger partial charge in [-0.15, -0.1) is 0 Å². The predicted molar refractivity (Wildman–Crippen MR) is 41.4 cm³/mol. The number of aromatic nitrogens is 2. The molecule has 0 atom stereocenters. The van der Waals surface area contributed by atoms with Crippen molar-refractivity contribution in [1.29, 1.82) is 0 Å². The van der Waals surface area contributed by atoms with E-state index in [0.29, 0.717) is 0 Å². The molecule has 2 nitrogen and oxygen atoms in total. The summed E-state index contributed by atoms with van der Waals surface area (Å²) in [7, 11) is 0. The van der Waals surface area contributed by atoms with Crippen molar-refractivity contribution in [2.24, 2.45) is 0 Å². The van der Waals surface area contributed by atoms with Crippen molar-refractivity contribution in [2.45, 2.75) is 19.4 Å². The number of halogens is 4. The molecule has 6 heteroatoms. The van der Waals surface area contributed by atoms with Crippen LogP contribution in [-0.4, -0.2) is 9.97 Å². The first-order valence-electron chi connectivity index (χ1n) is 5.47. The van der Waals surface area contributed by atoms with Gasteiger partial charge in [-0.3, -0.25) is 0 Å². The SMILES string of the molecule is [2H]C([2H])([2H])C([2H])([2H])c1ncc(C(F)(F)F)c(Cl)n1. The minimum Gasteiger partial charge on any atom is -0.241 e. The van der Waals surface area contributed by atoms with E-state index in [2.05, 4.69) is 9.97 Å². The highest BCUT2D eigenvalue weighted by Gasteiger charge is 2.34. The Balaban J connectivity index is 3.29. The molecule has 72 valence electrons. The number of hydrogen-bond acceptors (Lipinski definition) is 2. The summed E-state index contributed by atoms with van der Waals surface area (Å²) in [5, 5.41) is -1.04. The van der Waals surface area contributed by atoms with Crippen LogP contribution < -0.4 is 0 Å². The molecule has 0 radical (unpaired) electrons. The third-order valence-electron chi connectivity index (χ3n) is 1.16. The van der Waals surface area contributed by atoms with Crippen LogP contribution in [0.15, 0.2) is 6.20 Å². The molecular weight excluding hydrogens is 205 g/mol. The van der Waals surface area contributed by atoms with Crippen LogP contribution in [0.3, 0.4) is 0 Å². The molecule has 0 aromatic carbocycles. The van der Waals surface area contributed by atoms with Gasteiger partial charge in [0.25, 0.3) is 0 Å². The Labute approximate surface area is 84.8 Å². The van der Waals surface area contributed by atoms with Gasteiger partial charge in [0.1, 0.15) is 16.5 Å². The van der Waals surface area contributed by atoms with E-state index in [4.69, 9.17) is 18.5 Å². The van der Waals surface area contributed by atoms with Gasteiger partial charge in [-0.1, -0.05) is 18.5 Å². The molecule has 0 bridgehead atoms. The maximum atomic E-state index is 12.3. The number of aryl methyl sites for hydroxylation is 1. The van der Waals surface area contributed by atoms with Crippen LogP contribution >= 0.6 is 11.6 Å². The molecule has 0 aliphatic carbocycles. The van der Waals surface area contributed by atoms with E-state index < -0.39 is 35.9 Å². The molecule has 0 aliphatic heterocycles. The van der Waals surface area contributed by atoms with Crippen LogP contribution in [0.25, 0.3) is 0 Å². The second-order valence-electron chi connectivity index (χ2n) is 2.02. The number of nitrogens with zero attached hydrogens (tertiary/aromatic N) is 2. The van der Waals surface area contributed by atoms with E-state index in [9.17, 15) is 13.2 Å². The first-order chi connectivity index (χ1) is 7.87. The third kappa shape index (κ3) is 2.30. The van der Waals surface area contributed by atoms with Gasteiger partial charge >= 0.3 is 6.18 Å². The second-order valence-corrected chi connectivity index (χ2v) is 2.38. The lowest BCUT2D eigenvalue weighted by molar-refractivity contribution is -0.138. The molecule has 0 amide bonds. The maximum Gasteiger partial charge on any atom is 0.420 e. The van der Waals surface area contributed by atoms with Crippen molar-refractivity contribution >= 4 is 11.6 Å². The summed E-state index contributed by atoms with van der Waals surface area (Å²) in [5.74, 6) is -0.916. The largest absolute Gasteiger partial charge is 0.420 e. The van der Waals surface area contributed by atoms with Gasteiger partial charge in [0.05, 0.1) is 0 Å². The van der Waals surface area contributed by atoms with Crippen LogP contribution in [0.4, 0.5) is 13.2 Å². The minimum atomic E-state index is -4.79. The molecule has 13 heavy (non-hydrogen) atoms. The maximum absolute atomic E-state index is 12.3. The first-order valence-corrected chi connectivity index (χ1v) is 3.35. The Kier molecular flexibility index (Phi) is 1.38. The average Bonchev–Trinajstić information content (AvgIpc) is 2.13. The lowest BCUT2D eigenvalue weighted by Crippen LogP contribution is -2.09. The quantitative estimate of drug-likeness (QED) is 0.674. The first kappa shape index (κ1) is 5.14. The molecule has 0 spiro atoms. The minimum absolute atomic E-state index is 0.258. The highest BCUT2D eigenvalue weighted by molar-refractivity contribution is 6.30. The Morgan fingerprint density at radius 2 is 2.38 bits per heavy atom. The topological polar surface area (TPSA) is 25.8 Å².